The normalized spacial score (nSPS) is 17.6. The number of rotatable bonds is 8. The minimum Gasteiger partial charge on any atom is -0.497 e. The van der Waals surface area contributed by atoms with Gasteiger partial charge in [-0.05, 0) is 36.6 Å². The van der Waals surface area contributed by atoms with Gasteiger partial charge in [-0.25, -0.2) is 13.1 Å². The average molecular weight is 464 g/mol. The predicted molar refractivity (Wildman–Crippen MR) is 123 cm³/mol. The summed E-state index contributed by atoms with van der Waals surface area (Å²) in [6, 6.07) is 6.61. The predicted octanol–water partition coefficient (Wildman–Crippen LogP) is 2.44. The van der Waals surface area contributed by atoms with Gasteiger partial charge in [0, 0.05) is 0 Å². The molecule has 0 aromatic heterocycles. The number of nitrogens with zero attached hydrogens (tertiary/aromatic N) is 1. The molecule has 1 saturated heterocycles. The molecule has 1 fully saturated rings. The summed E-state index contributed by atoms with van der Waals surface area (Å²) in [5, 5.41) is 0. The van der Waals surface area contributed by atoms with Crippen LogP contribution in [0.5, 0.6) is 0 Å². The lowest BCUT2D eigenvalue weighted by Gasteiger charge is -2.26. The summed E-state index contributed by atoms with van der Waals surface area (Å²) in [5.41, 5.74) is 0.883. The highest BCUT2D eigenvalue weighted by molar-refractivity contribution is 7.89. The van der Waals surface area contributed by atoms with Crippen molar-refractivity contribution in [1.29, 1.82) is 0 Å². The summed E-state index contributed by atoms with van der Waals surface area (Å²) in [6.07, 6.45) is 5.98. The minimum absolute atomic E-state index is 0.0701. The first kappa shape index (κ1) is 26.1. The van der Waals surface area contributed by atoms with E-state index in [0.717, 1.165) is 18.4 Å². The summed E-state index contributed by atoms with van der Waals surface area (Å²) < 4.78 is 39.3. The number of unbranched alkanes of at least 4 members (excludes halogenated alkanes) is 2. The lowest BCUT2D eigenvalue weighted by Crippen LogP contribution is -2.53. The van der Waals surface area contributed by atoms with Crippen LogP contribution in [0, 0.1) is 0 Å². The number of hydrogen-bond donors (Lipinski definition) is 1. The van der Waals surface area contributed by atoms with E-state index in [9.17, 15) is 18.0 Å². The fraction of sp³-hybridized carbons (Fsp3) is 0.545. The zero-order valence-corrected chi connectivity index (χ0v) is 20.3. The van der Waals surface area contributed by atoms with Crippen molar-refractivity contribution in [3.05, 3.63) is 42.0 Å². The van der Waals surface area contributed by atoms with E-state index in [2.05, 4.69) is 4.72 Å². The van der Waals surface area contributed by atoms with Crippen LogP contribution in [0.15, 0.2) is 41.3 Å². The van der Waals surface area contributed by atoms with Gasteiger partial charge in [-0.15, -0.1) is 0 Å². The van der Waals surface area contributed by atoms with Gasteiger partial charge in [-0.1, -0.05) is 64.8 Å². The van der Waals surface area contributed by atoms with Crippen molar-refractivity contribution in [3.8, 4) is 0 Å². The number of carbonyl (C=O) groups excluding carboxylic acids is 2. The molecule has 0 saturated carbocycles. The van der Waals surface area contributed by atoms with Gasteiger partial charge in [0.1, 0.15) is 5.94 Å². The fourth-order valence-electron chi connectivity index (χ4n) is 3.13. The van der Waals surface area contributed by atoms with E-state index in [1.165, 1.54) is 17.0 Å². The van der Waals surface area contributed by atoms with Crippen LogP contribution < -0.4 is 4.72 Å². The first-order chi connectivity index (χ1) is 14.9. The standard InChI is InChI=1S/C22H33BN2O6S/c1-6-7-8-9-10-19(23-30-20(26)15-25(5)16-21(27)31-23)24-32(28,29)18-13-11-17(12-14-18)22(2,3)4/h9-14,19,24H,6-8,15-16H2,1-5H3. The quantitative estimate of drug-likeness (QED) is 0.358. The van der Waals surface area contributed by atoms with Crippen LogP contribution in [0.25, 0.3) is 0 Å². The Morgan fingerprint density at radius 2 is 1.69 bits per heavy atom. The molecule has 0 spiro atoms. The van der Waals surface area contributed by atoms with Crippen LogP contribution in [0.4, 0.5) is 0 Å². The minimum atomic E-state index is -3.97. The van der Waals surface area contributed by atoms with Crippen molar-refractivity contribution in [2.75, 3.05) is 20.1 Å². The SMILES string of the molecule is CCCCC=CC(NS(=O)(=O)c1ccc(C(C)(C)C)cc1)B1OC(=O)CN(C)CC(=O)O1. The third kappa shape index (κ3) is 7.76. The number of benzene rings is 1. The van der Waals surface area contributed by atoms with E-state index in [4.69, 9.17) is 9.31 Å². The smallest absolute Gasteiger partial charge is 0.497 e. The van der Waals surface area contributed by atoms with Crippen molar-refractivity contribution in [3.63, 3.8) is 0 Å². The Hall–Kier alpha value is -2.17. The summed E-state index contributed by atoms with van der Waals surface area (Å²) in [6.45, 7) is 7.98. The number of likely N-dealkylation sites (N-methyl/N-ethyl adjacent to an activating group) is 1. The molecule has 1 aromatic carbocycles. The van der Waals surface area contributed by atoms with E-state index >= 15 is 0 Å². The molecule has 0 aliphatic carbocycles. The van der Waals surface area contributed by atoms with Crippen molar-refractivity contribution >= 4 is 29.1 Å². The topological polar surface area (TPSA) is 102 Å². The second kappa shape index (κ2) is 11.1. The second-order valence-corrected chi connectivity index (χ2v) is 10.7. The highest BCUT2D eigenvalue weighted by Gasteiger charge is 2.40. The first-order valence-electron chi connectivity index (χ1n) is 10.8. The molecule has 10 heteroatoms. The molecule has 176 valence electrons. The van der Waals surface area contributed by atoms with Gasteiger partial charge in [0.15, 0.2) is 0 Å². The van der Waals surface area contributed by atoms with Crippen LogP contribution >= 0.6 is 0 Å². The van der Waals surface area contributed by atoms with Gasteiger partial charge in [0.25, 0.3) is 0 Å². The molecule has 1 aromatic rings. The lowest BCUT2D eigenvalue weighted by atomic mass is 9.78. The van der Waals surface area contributed by atoms with Crippen LogP contribution in [0.2, 0.25) is 0 Å². The van der Waals surface area contributed by atoms with Gasteiger partial charge in [-0.2, -0.15) is 0 Å². The van der Waals surface area contributed by atoms with Gasteiger partial charge in [0.2, 0.25) is 10.0 Å². The number of nitrogens with one attached hydrogen (secondary N) is 1. The third-order valence-electron chi connectivity index (χ3n) is 4.98. The van der Waals surface area contributed by atoms with Crippen molar-refractivity contribution in [2.45, 2.75) is 63.2 Å². The number of sulfonamides is 1. The largest absolute Gasteiger partial charge is 0.622 e. The third-order valence-corrected chi connectivity index (χ3v) is 6.45. The Kier molecular flexibility index (Phi) is 9.06. The Balaban J connectivity index is 2.29. The molecule has 1 unspecified atom stereocenters. The maximum atomic E-state index is 13.1. The van der Waals surface area contributed by atoms with Gasteiger partial charge < -0.3 is 9.31 Å². The van der Waals surface area contributed by atoms with E-state index in [-0.39, 0.29) is 23.4 Å². The number of carbonyl (C=O) groups is 2. The van der Waals surface area contributed by atoms with Gasteiger partial charge in [-0.3, -0.25) is 14.5 Å². The molecule has 8 nitrogen and oxygen atoms in total. The van der Waals surface area contributed by atoms with Crippen molar-refractivity contribution in [2.24, 2.45) is 0 Å². The molecule has 1 atom stereocenters. The van der Waals surface area contributed by atoms with Gasteiger partial charge in [0.05, 0.1) is 18.0 Å². The molecule has 1 N–H and O–H groups in total. The Morgan fingerprint density at radius 1 is 1.12 bits per heavy atom. The molecule has 0 amide bonds. The number of hydrogen-bond acceptors (Lipinski definition) is 7. The molecular formula is C22H33BN2O6S. The summed E-state index contributed by atoms with van der Waals surface area (Å²) in [7, 11) is -3.78. The van der Waals surface area contributed by atoms with Crippen LogP contribution in [-0.2, 0) is 34.3 Å². The van der Waals surface area contributed by atoms with Crippen LogP contribution in [-0.4, -0.2) is 58.5 Å². The Morgan fingerprint density at radius 3 is 2.19 bits per heavy atom. The highest BCUT2D eigenvalue weighted by Crippen LogP contribution is 2.23. The van der Waals surface area contributed by atoms with E-state index in [1.807, 2.05) is 27.7 Å². The zero-order chi connectivity index (χ0) is 23.9. The van der Waals surface area contributed by atoms with E-state index in [1.54, 1.807) is 31.3 Å². The van der Waals surface area contributed by atoms with Crippen LogP contribution in [0.1, 0.15) is 52.5 Å². The lowest BCUT2D eigenvalue weighted by molar-refractivity contribution is -0.145. The zero-order valence-electron chi connectivity index (χ0n) is 19.5. The fourth-order valence-corrected chi connectivity index (χ4v) is 4.31. The van der Waals surface area contributed by atoms with E-state index in [0.29, 0.717) is 6.42 Å². The first-order valence-corrected chi connectivity index (χ1v) is 12.3. The molecule has 1 aliphatic heterocycles. The molecule has 32 heavy (non-hydrogen) atoms. The van der Waals surface area contributed by atoms with Crippen LogP contribution in [0.3, 0.4) is 0 Å². The molecule has 1 heterocycles. The average Bonchev–Trinajstić information content (AvgIpc) is 2.68. The monoisotopic (exact) mass is 464 g/mol. The second-order valence-electron chi connectivity index (χ2n) is 9.01. The molecule has 1 aliphatic rings. The Labute approximate surface area is 191 Å². The number of allylic oxidation sites excluding steroid dienone is 1. The highest BCUT2D eigenvalue weighted by atomic mass is 32.2. The maximum Gasteiger partial charge on any atom is 0.622 e. The van der Waals surface area contributed by atoms with Crippen molar-refractivity contribution < 1.29 is 27.3 Å². The van der Waals surface area contributed by atoms with Gasteiger partial charge >= 0.3 is 19.1 Å². The molecule has 2 rings (SSSR count). The molecule has 0 bridgehead atoms. The summed E-state index contributed by atoms with van der Waals surface area (Å²) in [4.78, 5) is 25.8. The maximum absolute atomic E-state index is 13.1. The summed E-state index contributed by atoms with van der Waals surface area (Å²) >= 11 is 0. The van der Waals surface area contributed by atoms with Crippen molar-refractivity contribution in [1.82, 2.24) is 9.62 Å². The Bertz CT molecular complexity index is 905. The summed E-state index contributed by atoms with van der Waals surface area (Å²) in [5.74, 6) is -2.27. The molecule has 0 radical (unpaired) electrons. The molecular weight excluding hydrogens is 431 g/mol. The van der Waals surface area contributed by atoms with E-state index < -0.39 is 35.0 Å².